The lowest BCUT2D eigenvalue weighted by Gasteiger charge is -1.89. The molecule has 60 valence electrons. The highest BCUT2D eigenvalue weighted by Crippen LogP contribution is 2.02. The molecule has 0 aliphatic carbocycles. The van der Waals surface area contributed by atoms with Crippen molar-refractivity contribution in [1.82, 2.24) is 0 Å². The molecule has 0 aromatic heterocycles. The molecule has 0 bridgehead atoms. The van der Waals surface area contributed by atoms with Crippen LogP contribution < -0.4 is 0 Å². The Morgan fingerprint density at radius 1 is 1.45 bits per heavy atom. The van der Waals surface area contributed by atoms with E-state index in [-0.39, 0.29) is 5.83 Å². The summed E-state index contributed by atoms with van der Waals surface area (Å²) in [5.74, 6) is -0.194. The normalized spacial score (nSPS) is 14.5. The molecule has 11 heavy (non-hydrogen) atoms. The maximum Gasteiger partial charge on any atom is 0.122 e. The van der Waals surface area contributed by atoms with Crippen molar-refractivity contribution < 1.29 is 4.39 Å². The largest absolute Gasteiger partial charge is 0.207 e. The molecule has 0 spiro atoms. The van der Waals surface area contributed by atoms with E-state index in [1.54, 1.807) is 19.1 Å². The Balaban J connectivity index is 4.10. The Hall–Kier alpha value is -0.785. The van der Waals surface area contributed by atoms with Gasteiger partial charge in [-0.1, -0.05) is 24.0 Å². The molecule has 0 nitrogen and oxygen atoms in total. The van der Waals surface area contributed by atoms with Gasteiger partial charge in [0, 0.05) is 0 Å². The van der Waals surface area contributed by atoms with Crippen molar-refractivity contribution >= 4 is 7.85 Å². The molecule has 0 aliphatic rings. The molecule has 0 saturated carbocycles. The lowest BCUT2D eigenvalue weighted by molar-refractivity contribution is 0.667. The quantitative estimate of drug-likeness (QED) is 0.430. The smallest absolute Gasteiger partial charge is 0.122 e. The molecule has 0 aliphatic heterocycles. The molecule has 0 amide bonds. The summed E-state index contributed by atoms with van der Waals surface area (Å²) in [4.78, 5) is 0. The Morgan fingerprint density at radius 3 is 2.55 bits per heavy atom. The molecule has 0 aromatic rings. The maximum atomic E-state index is 12.6. The van der Waals surface area contributed by atoms with Crippen molar-refractivity contribution in [2.75, 3.05) is 0 Å². The topological polar surface area (TPSA) is 0 Å². The summed E-state index contributed by atoms with van der Waals surface area (Å²) >= 11 is 0. The summed E-state index contributed by atoms with van der Waals surface area (Å²) in [6, 6.07) is 0. The molecule has 0 saturated heterocycles. The van der Waals surface area contributed by atoms with E-state index in [0.717, 1.165) is 6.32 Å². The van der Waals surface area contributed by atoms with Gasteiger partial charge in [0.2, 0.25) is 0 Å². The fourth-order valence-corrected chi connectivity index (χ4v) is 0.554. The second-order valence-corrected chi connectivity index (χ2v) is 2.42. The van der Waals surface area contributed by atoms with E-state index in [9.17, 15) is 4.39 Å². The van der Waals surface area contributed by atoms with Crippen LogP contribution >= 0.6 is 0 Å². The Labute approximate surface area is 68.9 Å². The van der Waals surface area contributed by atoms with Gasteiger partial charge in [-0.2, -0.15) is 0 Å². The maximum absolute atomic E-state index is 12.6. The van der Waals surface area contributed by atoms with Crippen LogP contribution in [0.4, 0.5) is 4.39 Å². The summed E-state index contributed by atoms with van der Waals surface area (Å²) in [7, 11) is 2.05. The van der Waals surface area contributed by atoms with Crippen molar-refractivity contribution in [2.24, 2.45) is 0 Å². The third-order valence-corrected chi connectivity index (χ3v) is 1.41. The van der Waals surface area contributed by atoms with Gasteiger partial charge in [0.1, 0.15) is 13.7 Å². The lowest BCUT2D eigenvalue weighted by Crippen LogP contribution is -1.71. The Kier molecular flexibility index (Phi) is 5.53. The van der Waals surface area contributed by atoms with Crippen LogP contribution in [-0.4, -0.2) is 7.85 Å². The SMILES string of the molecule is BC/C(C)=C/C=C(/F)C=CC. The van der Waals surface area contributed by atoms with E-state index in [0.29, 0.717) is 0 Å². The third-order valence-electron chi connectivity index (χ3n) is 1.41. The zero-order chi connectivity index (χ0) is 8.69. The summed E-state index contributed by atoms with van der Waals surface area (Å²) in [5, 5.41) is 0. The van der Waals surface area contributed by atoms with Gasteiger partial charge in [0.05, 0.1) is 0 Å². The van der Waals surface area contributed by atoms with Gasteiger partial charge in [-0.05, 0) is 26.0 Å². The first-order chi connectivity index (χ1) is 5.20. The fourth-order valence-electron chi connectivity index (χ4n) is 0.554. The van der Waals surface area contributed by atoms with Crippen LogP contribution in [0, 0.1) is 0 Å². The van der Waals surface area contributed by atoms with E-state index in [4.69, 9.17) is 0 Å². The van der Waals surface area contributed by atoms with Crippen LogP contribution in [0.1, 0.15) is 13.8 Å². The van der Waals surface area contributed by atoms with Gasteiger partial charge in [0.15, 0.2) is 0 Å². The number of rotatable bonds is 3. The molecule has 0 unspecified atom stereocenters. The molecule has 0 aromatic carbocycles. The van der Waals surface area contributed by atoms with Crippen LogP contribution in [0.15, 0.2) is 35.7 Å². The van der Waals surface area contributed by atoms with E-state index < -0.39 is 0 Å². The van der Waals surface area contributed by atoms with Crippen LogP contribution in [0.25, 0.3) is 0 Å². The second-order valence-electron chi connectivity index (χ2n) is 2.42. The van der Waals surface area contributed by atoms with Crippen molar-refractivity contribution in [3.8, 4) is 0 Å². The van der Waals surface area contributed by atoms with Crippen LogP contribution in [-0.2, 0) is 0 Å². The van der Waals surface area contributed by atoms with Gasteiger partial charge < -0.3 is 0 Å². The Bertz CT molecular complexity index is 190. The minimum Gasteiger partial charge on any atom is -0.207 e. The highest BCUT2D eigenvalue weighted by Gasteiger charge is 1.83. The summed E-state index contributed by atoms with van der Waals surface area (Å²) < 4.78 is 12.6. The van der Waals surface area contributed by atoms with Gasteiger partial charge in [-0.15, -0.1) is 0 Å². The minimum absolute atomic E-state index is 0.194. The van der Waals surface area contributed by atoms with Gasteiger partial charge in [-0.25, -0.2) is 4.39 Å². The second kappa shape index (κ2) is 5.96. The predicted molar refractivity (Wildman–Crippen MR) is 51.1 cm³/mol. The predicted octanol–water partition coefficient (Wildman–Crippen LogP) is 2.41. The lowest BCUT2D eigenvalue weighted by atomic mass is 9.98. The van der Waals surface area contributed by atoms with Crippen molar-refractivity contribution in [1.29, 1.82) is 0 Å². The van der Waals surface area contributed by atoms with Crippen LogP contribution in [0.5, 0.6) is 0 Å². The zero-order valence-electron chi connectivity index (χ0n) is 7.39. The molecular formula is C9H14BF. The zero-order valence-corrected chi connectivity index (χ0v) is 7.39. The van der Waals surface area contributed by atoms with Crippen molar-refractivity contribution in [3.05, 3.63) is 35.7 Å². The number of hydrogen-bond donors (Lipinski definition) is 0. The molecule has 0 radical (unpaired) electrons. The van der Waals surface area contributed by atoms with E-state index in [1.165, 1.54) is 17.7 Å². The first-order valence-electron chi connectivity index (χ1n) is 3.86. The van der Waals surface area contributed by atoms with Gasteiger partial charge in [-0.3, -0.25) is 0 Å². The number of allylic oxidation sites excluding steroid dienone is 6. The van der Waals surface area contributed by atoms with E-state index in [2.05, 4.69) is 0 Å². The Morgan fingerprint density at radius 2 is 2.09 bits per heavy atom. The molecular weight excluding hydrogens is 138 g/mol. The number of hydrogen-bond acceptors (Lipinski definition) is 0. The van der Waals surface area contributed by atoms with Crippen LogP contribution in [0.3, 0.4) is 0 Å². The first-order valence-corrected chi connectivity index (χ1v) is 3.86. The standard InChI is InChI=1S/C9H14BF/c1-3-4-9(11)6-5-8(2)7-10/h3-6H,7,10H2,1-2H3/b4-3?,8-5+,9-6+. The average Bonchev–Trinajstić information content (AvgIpc) is 2.01. The first kappa shape index (κ1) is 10.2. The fraction of sp³-hybridized carbons (Fsp3) is 0.333. The molecule has 0 rings (SSSR count). The average molecular weight is 152 g/mol. The third kappa shape index (κ3) is 5.65. The minimum atomic E-state index is -0.194. The van der Waals surface area contributed by atoms with E-state index >= 15 is 0 Å². The monoisotopic (exact) mass is 152 g/mol. The highest BCUT2D eigenvalue weighted by atomic mass is 19.1. The molecule has 0 atom stereocenters. The summed E-state index contributed by atoms with van der Waals surface area (Å²) in [5.41, 5.74) is 1.18. The molecule has 0 N–H and O–H groups in total. The van der Waals surface area contributed by atoms with Crippen molar-refractivity contribution in [3.63, 3.8) is 0 Å². The molecule has 0 fully saturated rings. The highest BCUT2D eigenvalue weighted by molar-refractivity contribution is 6.10. The van der Waals surface area contributed by atoms with Crippen molar-refractivity contribution in [2.45, 2.75) is 20.2 Å². The van der Waals surface area contributed by atoms with Gasteiger partial charge in [0.25, 0.3) is 0 Å². The van der Waals surface area contributed by atoms with Gasteiger partial charge >= 0.3 is 0 Å². The number of halogens is 1. The van der Waals surface area contributed by atoms with E-state index in [1.807, 2.05) is 14.8 Å². The van der Waals surface area contributed by atoms with Crippen LogP contribution in [0.2, 0.25) is 6.32 Å². The molecule has 0 heterocycles. The molecule has 2 heteroatoms. The summed E-state index contributed by atoms with van der Waals surface area (Å²) in [6.07, 6.45) is 7.38. The summed E-state index contributed by atoms with van der Waals surface area (Å²) in [6.45, 7) is 3.78.